The third kappa shape index (κ3) is 4.01. The van der Waals surface area contributed by atoms with Crippen LogP contribution < -0.4 is 4.90 Å². The molecule has 18 heavy (non-hydrogen) atoms. The monoisotopic (exact) mass is 248 g/mol. The lowest BCUT2D eigenvalue weighted by Crippen LogP contribution is -2.14. The Labute approximate surface area is 106 Å². The quantitative estimate of drug-likeness (QED) is 0.446. The Kier molecular flexibility index (Phi) is 5.05. The smallest absolute Gasteiger partial charge is 0.379 e. The van der Waals surface area contributed by atoms with Crippen LogP contribution >= 0.6 is 0 Å². The number of hydrogen-bond donors (Lipinski definition) is 0. The summed E-state index contributed by atoms with van der Waals surface area (Å²) in [4.78, 5) is 28.4. The van der Waals surface area contributed by atoms with Crippen molar-refractivity contribution in [3.8, 4) is 0 Å². The lowest BCUT2D eigenvalue weighted by Gasteiger charge is -2.10. The van der Waals surface area contributed by atoms with Crippen LogP contribution in [-0.2, 0) is 14.3 Å². The summed E-state index contributed by atoms with van der Waals surface area (Å²) < 4.78 is 4.58. The van der Waals surface area contributed by atoms with Gasteiger partial charge in [-0.1, -0.05) is 0 Å². The maximum absolute atomic E-state index is 11.3. The number of ether oxygens (including phenoxy) is 1. The zero-order valence-electron chi connectivity index (χ0n) is 10.7. The molecule has 1 aromatic heterocycles. The van der Waals surface area contributed by atoms with Gasteiger partial charge in [-0.05, 0) is 36.8 Å². The molecule has 1 heterocycles. The molecule has 1 rings (SSSR count). The van der Waals surface area contributed by atoms with E-state index in [2.05, 4.69) is 9.72 Å². The maximum Gasteiger partial charge on any atom is 0.379 e. The molecule has 1 aromatic rings. The van der Waals surface area contributed by atoms with Crippen molar-refractivity contribution >= 4 is 23.6 Å². The number of ketones is 1. The van der Waals surface area contributed by atoms with Crippen LogP contribution in [0.2, 0.25) is 0 Å². The lowest BCUT2D eigenvalue weighted by atomic mass is 10.2. The predicted octanol–water partition coefficient (Wildman–Crippen LogP) is 1.29. The predicted molar refractivity (Wildman–Crippen MR) is 69.2 cm³/mol. The first-order chi connectivity index (χ1) is 8.54. The van der Waals surface area contributed by atoms with E-state index in [-0.39, 0.29) is 6.61 Å². The van der Waals surface area contributed by atoms with E-state index in [0.29, 0.717) is 0 Å². The summed E-state index contributed by atoms with van der Waals surface area (Å²) in [5.41, 5.74) is 0.748. The number of esters is 1. The molecule has 0 unspecified atom stereocenters. The van der Waals surface area contributed by atoms with E-state index in [1.54, 1.807) is 13.1 Å². The van der Waals surface area contributed by atoms with Crippen molar-refractivity contribution in [1.82, 2.24) is 4.98 Å². The van der Waals surface area contributed by atoms with Gasteiger partial charge >= 0.3 is 5.97 Å². The largest absolute Gasteiger partial charge is 0.460 e. The molecule has 0 radical (unpaired) electrons. The van der Waals surface area contributed by atoms with Gasteiger partial charge < -0.3 is 9.64 Å². The Hall–Kier alpha value is -2.17. The van der Waals surface area contributed by atoms with Crippen molar-refractivity contribution in [2.75, 3.05) is 25.6 Å². The Bertz CT molecular complexity index is 450. The highest BCUT2D eigenvalue weighted by Gasteiger charge is 2.10. The zero-order valence-corrected chi connectivity index (χ0v) is 10.7. The van der Waals surface area contributed by atoms with Crippen molar-refractivity contribution in [1.29, 1.82) is 0 Å². The third-order valence-corrected chi connectivity index (χ3v) is 2.13. The fourth-order valence-corrected chi connectivity index (χ4v) is 1.20. The van der Waals surface area contributed by atoms with Crippen LogP contribution in [0.4, 0.5) is 5.82 Å². The second-order valence-electron chi connectivity index (χ2n) is 3.76. The minimum atomic E-state index is -0.841. The van der Waals surface area contributed by atoms with Crippen molar-refractivity contribution < 1.29 is 14.3 Å². The molecule has 0 spiro atoms. The summed E-state index contributed by atoms with van der Waals surface area (Å²) in [7, 11) is 3.78. The van der Waals surface area contributed by atoms with Crippen LogP contribution in [0.5, 0.6) is 0 Å². The number of pyridine rings is 1. The van der Waals surface area contributed by atoms with Gasteiger partial charge in [-0.25, -0.2) is 9.78 Å². The molecular weight excluding hydrogens is 232 g/mol. The second kappa shape index (κ2) is 6.54. The van der Waals surface area contributed by atoms with Crippen LogP contribution in [0.25, 0.3) is 6.08 Å². The molecule has 0 aliphatic rings. The fraction of sp³-hybridized carbons (Fsp3) is 0.308. The minimum absolute atomic E-state index is 0.192. The molecule has 0 aromatic carbocycles. The van der Waals surface area contributed by atoms with Crippen molar-refractivity contribution in [3.63, 3.8) is 0 Å². The highest BCUT2D eigenvalue weighted by atomic mass is 16.5. The Morgan fingerprint density at radius 2 is 2.11 bits per heavy atom. The van der Waals surface area contributed by atoms with Crippen molar-refractivity contribution in [2.24, 2.45) is 0 Å². The average molecular weight is 248 g/mol. The van der Waals surface area contributed by atoms with Gasteiger partial charge in [-0.15, -0.1) is 0 Å². The zero-order chi connectivity index (χ0) is 13.5. The van der Waals surface area contributed by atoms with Gasteiger partial charge in [0.2, 0.25) is 0 Å². The van der Waals surface area contributed by atoms with Gasteiger partial charge in [-0.2, -0.15) is 0 Å². The normalized spacial score (nSPS) is 10.4. The van der Waals surface area contributed by atoms with Gasteiger partial charge in [0.15, 0.2) is 0 Å². The second-order valence-corrected chi connectivity index (χ2v) is 3.76. The van der Waals surface area contributed by atoms with Crippen molar-refractivity contribution in [2.45, 2.75) is 6.92 Å². The minimum Gasteiger partial charge on any atom is -0.460 e. The average Bonchev–Trinajstić information content (AvgIpc) is 2.36. The number of aromatic nitrogens is 1. The molecule has 0 saturated carbocycles. The van der Waals surface area contributed by atoms with Gasteiger partial charge in [0.05, 0.1) is 6.61 Å². The SMILES string of the molecule is CCOC(=O)C(=O)/C=C/c1ccc(N(C)C)nc1. The summed E-state index contributed by atoms with van der Waals surface area (Å²) >= 11 is 0. The molecule has 0 aliphatic carbocycles. The molecule has 0 saturated heterocycles. The fourth-order valence-electron chi connectivity index (χ4n) is 1.20. The van der Waals surface area contributed by atoms with Crippen LogP contribution in [0, 0.1) is 0 Å². The van der Waals surface area contributed by atoms with Gasteiger partial charge in [-0.3, -0.25) is 4.79 Å². The molecule has 0 fully saturated rings. The standard InChI is InChI=1S/C13H16N2O3/c1-4-18-13(17)11(16)7-5-10-6-8-12(14-9-10)15(2)3/h5-9H,4H2,1-3H3/b7-5+. The molecule has 0 aliphatic heterocycles. The van der Waals surface area contributed by atoms with Gasteiger partial charge in [0.25, 0.3) is 5.78 Å². The topological polar surface area (TPSA) is 59.5 Å². The van der Waals surface area contributed by atoms with E-state index < -0.39 is 11.8 Å². The Morgan fingerprint density at radius 3 is 2.61 bits per heavy atom. The molecule has 5 nitrogen and oxygen atoms in total. The number of carbonyl (C=O) groups is 2. The number of rotatable bonds is 5. The van der Waals surface area contributed by atoms with Gasteiger partial charge in [0, 0.05) is 20.3 Å². The highest BCUT2D eigenvalue weighted by Crippen LogP contribution is 2.08. The molecule has 0 bridgehead atoms. The number of anilines is 1. The van der Waals surface area contributed by atoms with Gasteiger partial charge in [0.1, 0.15) is 5.82 Å². The van der Waals surface area contributed by atoms with E-state index in [9.17, 15) is 9.59 Å². The van der Waals surface area contributed by atoms with E-state index in [1.807, 2.05) is 31.1 Å². The molecule has 0 amide bonds. The van der Waals surface area contributed by atoms with Crippen LogP contribution in [0.15, 0.2) is 24.4 Å². The maximum atomic E-state index is 11.3. The Morgan fingerprint density at radius 1 is 1.39 bits per heavy atom. The highest BCUT2D eigenvalue weighted by molar-refractivity contribution is 6.39. The first-order valence-corrected chi connectivity index (χ1v) is 5.57. The Balaban J connectivity index is 2.67. The molecule has 5 heteroatoms. The first kappa shape index (κ1) is 13.9. The molecule has 0 atom stereocenters. The molecule has 0 N–H and O–H groups in total. The number of nitrogens with zero attached hydrogens (tertiary/aromatic N) is 2. The van der Waals surface area contributed by atoms with E-state index in [4.69, 9.17) is 0 Å². The summed E-state index contributed by atoms with van der Waals surface area (Å²) in [6, 6.07) is 3.64. The molecular formula is C13H16N2O3. The summed E-state index contributed by atoms with van der Waals surface area (Å²) in [5, 5.41) is 0. The van der Waals surface area contributed by atoms with Crippen molar-refractivity contribution in [3.05, 3.63) is 30.0 Å². The number of carbonyl (C=O) groups excluding carboxylic acids is 2. The van der Waals surface area contributed by atoms with Crippen LogP contribution in [0.1, 0.15) is 12.5 Å². The number of hydrogen-bond acceptors (Lipinski definition) is 5. The summed E-state index contributed by atoms with van der Waals surface area (Å²) in [6.45, 7) is 1.84. The first-order valence-electron chi connectivity index (χ1n) is 5.57. The van der Waals surface area contributed by atoms with E-state index in [0.717, 1.165) is 11.4 Å². The summed E-state index contributed by atoms with van der Waals surface area (Å²) in [5.74, 6) is -0.691. The summed E-state index contributed by atoms with van der Waals surface area (Å²) in [6.07, 6.45) is 4.35. The van der Waals surface area contributed by atoms with E-state index >= 15 is 0 Å². The van der Waals surface area contributed by atoms with Crippen LogP contribution in [-0.4, -0.2) is 37.4 Å². The third-order valence-electron chi connectivity index (χ3n) is 2.13. The van der Waals surface area contributed by atoms with E-state index in [1.165, 1.54) is 12.2 Å². The van der Waals surface area contributed by atoms with Crippen LogP contribution in [0.3, 0.4) is 0 Å². The lowest BCUT2D eigenvalue weighted by molar-refractivity contribution is -0.151. The molecule has 96 valence electrons.